The van der Waals surface area contributed by atoms with E-state index in [0.717, 1.165) is 17.1 Å². The van der Waals surface area contributed by atoms with Crippen molar-refractivity contribution in [2.45, 2.75) is 64.3 Å². The fourth-order valence-electron chi connectivity index (χ4n) is 3.94. The number of carbonyl (C=O) groups is 1. The van der Waals surface area contributed by atoms with Crippen molar-refractivity contribution < 1.29 is 9.53 Å². The number of amides is 1. The van der Waals surface area contributed by atoms with Gasteiger partial charge in [0.2, 0.25) is 0 Å². The third-order valence-electron chi connectivity index (χ3n) is 5.29. The molecule has 1 aliphatic carbocycles. The van der Waals surface area contributed by atoms with Crippen LogP contribution >= 0.6 is 24.0 Å². The SMILES string of the molecule is CN=C(NCc1ccc(C(=O)N2CC(C)OC(C)C2)cc1)NC1CCCC1.I. The number of rotatable bonds is 4. The van der Waals surface area contributed by atoms with E-state index in [4.69, 9.17) is 4.74 Å². The zero-order valence-electron chi connectivity index (χ0n) is 17.1. The van der Waals surface area contributed by atoms with Gasteiger partial charge in [0.05, 0.1) is 12.2 Å². The molecule has 2 unspecified atom stereocenters. The van der Waals surface area contributed by atoms with E-state index in [-0.39, 0.29) is 42.1 Å². The lowest BCUT2D eigenvalue weighted by Gasteiger charge is -2.35. The Balaban J connectivity index is 0.00000280. The van der Waals surface area contributed by atoms with Crippen molar-refractivity contribution in [2.75, 3.05) is 20.1 Å². The molecule has 0 spiro atoms. The highest BCUT2D eigenvalue weighted by molar-refractivity contribution is 14.0. The van der Waals surface area contributed by atoms with E-state index in [1.807, 2.05) is 43.0 Å². The number of aliphatic imine (C=N–C) groups is 1. The molecule has 1 amide bonds. The van der Waals surface area contributed by atoms with Crippen molar-refractivity contribution >= 4 is 35.8 Å². The lowest BCUT2D eigenvalue weighted by Crippen LogP contribution is -2.48. The summed E-state index contributed by atoms with van der Waals surface area (Å²) >= 11 is 0. The Morgan fingerprint density at radius 2 is 1.75 bits per heavy atom. The second-order valence-corrected chi connectivity index (χ2v) is 7.72. The molecule has 156 valence electrons. The van der Waals surface area contributed by atoms with E-state index in [2.05, 4.69) is 15.6 Å². The van der Waals surface area contributed by atoms with Gasteiger partial charge in [0.25, 0.3) is 5.91 Å². The summed E-state index contributed by atoms with van der Waals surface area (Å²) in [7, 11) is 1.80. The lowest BCUT2D eigenvalue weighted by atomic mass is 10.1. The Morgan fingerprint density at radius 1 is 1.14 bits per heavy atom. The molecule has 7 heteroatoms. The molecule has 2 N–H and O–H groups in total. The number of nitrogens with zero attached hydrogens (tertiary/aromatic N) is 2. The minimum absolute atomic E-state index is 0. The largest absolute Gasteiger partial charge is 0.372 e. The minimum atomic E-state index is 0. The van der Waals surface area contributed by atoms with Gasteiger partial charge in [0.1, 0.15) is 0 Å². The molecule has 1 aliphatic heterocycles. The van der Waals surface area contributed by atoms with Gasteiger partial charge in [-0.15, -0.1) is 24.0 Å². The van der Waals surface area contributed by atoms with E-state index in [1.54, 1.807) is 7.05 Å². The predicted octanol–water partition coefficient (Wildman–Crippen LogP) is 3.16. The molecular weight excluding hydrogens is 467 g/mol. The standard InChI is InChI=1S/C21H32N4O2.HI/c1-15-13-25(14-16(2)27-15)20(26)18-10-8-17(9-11-18)12-23-21(22-3)24-19-6-4-5-7-19;/h8-11,15-16,19H,4-7,12-14H2,1-3H3,(H2,22,23,24);1H. The van der Waals surface area contributed by atoms with Gasteiger partial charge < -0.3 is 20.3 Å². The number of ether oxygens (including phenoxy) is 1. The Hall–Kier alpha value is -1.35. The topological polar surface area (TPSA) is 66.0 Å². The van der Waals surface area contributed by atoms with E-state index < -0.39 is 0 Å². The van der Waals surface area contributed by atoms with Crippen molar-refractivity contribution in [1.29, 1.82) is 0 Å². The van der Waals surface area contributed by atoms with Crippen LogP contribution < -0.4 is 10.6 Å². The quantitative estimate of drug-likeness (QED) is 0.379. The van der Waals surface area contributed by atoms with Crippen LogP contribution in [0.3, 0.4) is 0 Å². The van der Waals surface area contributed by atoms with E-state index in [0.29, 0.717) is 25.7 Å². The van der Waals surface area contributed by atoms with Gasteiger partial charge >= 0.3 is 0 Å². The molecule has 2 fully saturated rings. The van der Waals surface area contributed by atoms with Crippen LogP contribution in [0, 0.1) is 0 Å². The van der Waals surface area contributed by atoms with Crippen LogP contribution in [0.1, 0.15) is 55.5 Å². The normalized spacial score (nSPS) is 23.2. The molecule has 2 aliphatic rings. The maximum Gasteiger partial charge on any atom is 0.254 e. The summed E-state index contributed by atoms with van der Waals surface area (Å²) in [5.41, 5.74) is 1.86. The summed E-state index contributed by atoms with van der Waals surface area (Å²) in [5.74, 6) is 0.925. The average Bonchev–Trinajstić information content (AvgIpc) is 3.17. The summed E-state index contributed by atoms with van der Waals surface area (Å²) < 4.78 is 5.71. The van der Waals surface area contributed by atoms with Crippen LogP contribution in [0.5, 0.6) is 0 Å². The Kier molecular flexibility index (Phi) is 9.01. The molecule has 0 aromatic heterocycles. The van der Waals surface area contributed by atoms with Crippen LogP contribution in [0.2, 0.25) is 0 Å². The van der Waals surface area contributed by atoms with Crippen molar-refractivity contribution in [1.82, 2.24) is 15.5 Å². The highest BCUT2D eigenvalue weighted by Crippen LogP contribution is 2.17. The molecule has 2 atom stereocenters. The first kappa shape index (κ1) is 22.9. The minimum Gasteiger partial charge on any atom is -0.372 e. The molecular formula is C21H33IN4O2. The van der Waals surface area contributed by atoms with E-state index in [9.17, 15) is 4.79 Å². The number of guanidine groups is 1. The summed E-state index contributed by atoms with van der Waals surface area (Å²) in [4.78, 5) is 18.9. The Morgan fingerprint density at radius 3 is 2.32 bits per heavy atom. The molecule has 0 bridgehead atoms. The first-order valence-corrected chi connectivity index (χ1v) is 10.1. The Bertz CT molecular complexity index is 649. The van der Waals surface area contributed by atoms with Gasteiger partial charge in [0.15, 0.2) is 5.96 Å². The summed E-state index contributed by atoms with van der Waals surface area (Å²) in [5, 5.41) is 6.85. The molecule has 3 rings (SSSR count). The van der Waals surface area contributed by atoms with E-state index in [1.165, 1.54) is 25.7 Å². The predicted molar refractivity (Wildman–Crippen MR) is 123 cm³/mol. The molecule has 1 saturated carbocycles. The van der Waals surface area contributed by atoms with Gasteiger partial charge in [-0.1, -0.05) is 25.0 Å². The van der Waals surface area contributed by atoms with E-state index >= 15 is 0 Å². The molecule has 1 aromatic rings. The molecule has 1 saturated heterocycles. The van der Waals surface area contributed by atoms with Gasteiger partial charge in [-0.2, -0.15) is 0 Å². The first-order valence-electron chi connectivity index (χ1n) is 10.1. The molecule has 0 radical (unpaired) electrons. The van der Waals surface area contributed by atoms with Gasteiger partial charge in [-0.25, -0.2) is 0 Å². The number of carbonyl (C=O) groups excluding carboxylic acids is 1. The Labute approximate surface area is 185 Å². The highest BCUT2D eigenvalue weighted by atomic mass is 127. The van der Waals surface area contributed by atoms with Crippen LogP contribution in [0.4, 0.5) is 0 Å². The van der Waals surface area contributed by atoms with Gasteiger partial charge in [-0.05, 0) is 44.4 Å². The van der Waals surface area contributed by atoms with Crippen molar-refractivity contribution in [3.05, 3.63) is 35.4 Å². The van der Waals surface area contributed by atoms with Crippen LogP contribution in [0.15, 0.2) is 29.3 Å². The van der Waals surface area contributed by atoms with Crippen LogP contribution in [-0.2, 0) is 11.3 Å². The zero-order chi connectivity index (χ0) is 19.2. The number of nitrogens with one attached hydrogen (secondary N) is 2. The van der Waals surface area contributed by atoms with Gasteiger partial charge in [-0.3, -0.25) is 9.79 Å². The second kappa shape index (κ2) is 11.0. The fourth-order valence-corrected chi connectivity index (χ4v) is 3.94. The maximum atomic E-state index is 12.7. The smallest absolute Gasteiger partial charge is 0.254 e. The number of hydrogen-bond acceptors (Lipinski definition) is 3. The number of benzene rings is 1. The fraction of sp³-hybridized carbons (Fsp3) is 0.619. The molecule has 1 heterocycles. The summed E-state index contributed by atoms with van der Waals surface area (Å²) in [6.07, 6.45) is 5.20. The van der Waals surface area contributed by atoms with Crippen molar-refractivity contribution in [2.24, 2.45) is 4.99 Å². The second-order valence-electron chi connectivity index (χ2n) is 7.72. The first-order chi connectivity index (χ1) is 13.0. The molecule has 6 nitrogen and oxygen atoms in total. The maximum absolute atomic E-state index is 12.7. The van der Waals surface area contributed by atoms with Crippen molar-refractivity contribution in [3.8, 4) is 0 Å². The lowest BCUT2D eigenvalue weighted by molar-refractivity contribution is -0.0586. The average molecular weight is 500 g/mol. The molecule has 28 heavy (non-hydrogen) atoms. The summed E-state index contributed by atoms with van der Waals surface area (Å²) in [6.45, 7) is 6.01. The van der Waals surface area contributed by atoms with Gasteiger partial charge in [0, 0.05) is 38.3 Å². The number of hydrogen-bond donors (Lipinski definition) is 2. The van der Waals surface area contributed by atoms with Crippen LogP contribution in [-0.4, -0.2) is 55.2 Å². The monoisotopic (exact) mass is 500 g/mol. The number of halogens is 1. The highest BCUT2D eigenvalue weighted by Gasteiger charge is 2.26. The summed E-state index contributed by atoms with van der Waals surface area (Å²) in [6, 6.07) is 8.39. The third-order valence-corrected chi connectivity index (χ3v) is 5.29. The zero-order valence-corrected chi connectivity index (χ0v) is 19.4. The van der Waals surface area contributed by atoms with Crippen molar-refractivity contribution in [3.63, 3.8) is 0 Å². The van der Waals surface area contributed by atoms with Crippen LogP contribution in [0.25, 0.3) is 0 Å². The molecule has 1 aromatic carbocycles. The third kappa shape index (κ3) is 6.34. The number of morpholine rings is 1.